The van der Waals surface area contributed by atoms with Crippen LogP contribution in [0.1, 0.15) is 30.5 Å². The Morgan fingerprint density at radius 1 is 1.38 bits per heavy atom. The molecule has 0 aromatic heterocycles. The number of nitrogens with zero attached hydrogens (tertiary/aromatic N) is 1. The van der Waals surface area contributed by atoms with Crippen LogP contribution in [0.25, 0.3) is 5.57 Å². The molecule has 0 fully saturated rings. The number of benzene rings is 1. The fourth-order valence-electron chi connectivity index (χ4n) is 1.84. The quantitative estimate of drug-likeness (QED) is 0.575. The minimum absolute atomic E-state index is 0.264. The van der Waals surface area contributed by atoms with Gasteiger partial charge < -0.3 is 0 Å². The molecule has 1 aromatic carbocycles. The van der Waals surface area contributed by atoms with Gasteiger partial charge in [-0.25, -0.2) is 0 Å². The minimum Gasteiger partial charge on any atom is -0.293 e. The predicted molar refractivity (Wildman–Crippen MR) is 57.0 cm³/mol. The molecule has 2 rings (SSSR count). The van der Waals surface area contributed by atoms with Gasteiger partial charge in [-0.05, 0) is 36.8 Å². The van der Waals surface area contributed by atoms with Crippen molar-refractivity contribution in [1.82, 2.24) is 0 Å². The van der Waals surface area contributed by atoms with Crippen molar-refractivity contribution in [2.45, 2.75) is 19.4 Å². The number of allylic oxidation sites excluding steroid dienone is 1. The first kappa shape index (κ1) is 8.24. The molecule has 0 heterocycles. The summed E-state index contributed by atoms with van der Waals surface area (Å²) < 4.78 is 0. The molecule has 0 saturated carbocycles. The first-order valence-electron chi connectivity index (χ1n) is 4.55. The summed E-state index contributed by atoms with van der Waals surface area (Å²) in [5, 5.41) is 0. The number of fused-ring (bicyclic) bond motifs is 1. The third-order valence-electron chi connectivity index (χ3n) is 2.61. The zero-order valence-corrected chi connectivity index (χ0v) is 7.83. The zero-order chi connectivity index (χ0) is 9.26. The second-order valence-corrected chi connectivity index (χ2v) is 3.41. The van der Waals surface area contributed by atoms with Crippen LogP contribution in [-0.2, 0) is 0 Å². The van der Waals surface area contributed by atoms with Gasteiger partial charge in [-0.3, -0.25) is 4.99 Å². The van der Waals surface area contributed by atoms with E-state index in [1.54, 1.807) is 0 Å². The molecule has 0 amide bonds. The van der Waals surface area contributed by atoms with E-state index in [0.717, 1.165) is 6.42 Å². The van der Waals surface area contributed by atoms with Crippen molar-refractivity contribution in [3.8, 4) is 0 Å². The highest BCUT2D eigenvalue weighted by atomic mass is 14.7. The van der Waals surface area contributed by atoms with Gasteiger partial charge in [0.1, 0.15) is 0 Å². The lowest BCUT2D eigenvalue weighted by atomic mass is 9.88. The van der Waals surface area contributed by atoms with E-state index in [-0.39, 0.29) is 6.04 Å². The lowest BCUT2D eigenvalue weighted by molar-refractivity contribution is 0.737. The van der Waals surface area contributed by atoms with Crippen LogP contribution in [0.5, 0.6) is 0 Å². The lowest BCUT2D eigenvalue weighted by Gasteiger charge is -2.20. The van der Waals surface area contributed by atoms with E-state index in [2.05, 4.69) is 49.0 Å². The fraction of sp³-hybridized carbons (Fsp3) is 0.250. The van der Waals surface area contributed by atoms with Crippen LogP contribution in [0.3, 0.4) is 0 Å². The molecule has 1 heteroatoms. The summed E-state index contributed by atoms with van der Waals surface area (Å²) >= 11 is 0. The van der Waals surface area contributed by atoms with E-state index in [4.69, 9.17) is 0 Å². The van der Waals surface area contributed by atoms with Crippen LogP contribution in [-0.4, -0.2) is 6.72 Å². The van der Waals surface area contributed by atoms with Gasteiger partial charge in [0.25, 0.3) is 0 Å². The summed E-state index contributed by atoms with van der Waals surface area (Å²) in [7, 11) is 0. The van der Waals surface area contributed by atoms with Crippen molar-refractivity contribution in [2.75, 3.05) is 0 Å². The molecule has 1 aromatic rings. The van der Waals surface area contributed by atoms with Crippen LogP contribution in [0, 0.1) is 0 Å². The summed E-state index contributed by atoms with van der Waals surface area (Å²) in [6, 6.07) is 8.70. The standard InChI is InChI=1S/C12H13N/c1-9-7-8-12(13-2)11-6-4-3-5-10(9)11/h3-7,12H,2,8H2,1H3. The Hall–Kier alpha value is -1.37. The minimum atomic E-state index is 0.264. The Bertz CT molecular complexity index is 363. The van der Waals surface area contributed by atoms with E-state index in [1.807, 2.05) is 0 Å². The van der Waals surface area contributed by atoms with Crippen LogP contribution in [0.15, 0.2) is 35.3 Å². The molecule has 0 aliphatic heterocycles. The Balaban J connectivity index is 2.56. The van der Waals surface area contributed by atoms with E-state index < -0.39 is 0 Å². The monoisotopic (exact) mass is 171 g/mol. The van der Waals surface area contributed by atoms with Gasteiger partial charge >= 0.3 is 0 Å². The van der Waals surface area contributed by atoms with Crippen LogP contribution in [0.4, 0.5) is 0 Å². The van der Waals surface area contributed by atoms with Gasteiger partial charge in [-0.1, -0.05) is 30.3 Å². The van der Waals surface area contributed by atoms with E-state index in [0.29, 0.717) is 0 Å². The lowest BCUT2D eigenvalue weighted by Crippen LogP contribution is -2.03. The van der Waals surface area contributed by atoms with Crippen molar-refractivity contribution in [3.63, 3.8) is 0 Å². The maximum Gasteiger partial charge on any atom is 0.0782 e. The Morgan fingerprint density at radius 3 is 2.92 bits per heavy atom. The molecular weight excluding hydrogens is 158 g/mol. The number of rotatable bonds is 1. The molecular formula is C12H13N. The fourth-order valence-corrected chi connectivity index (χ4v) is 1.84. The van der Waals surface area contributed by atoms with Crippen molar-refractivity contribution in [1.29, 1.82) is 0 Å². The summed E-state index contributed by atoms with van der Waals surface area (Å²) in [5.41, 5.74) is 4.00. The van der Waals surface area contributed by atoms with Gasteiger partial charge in [-0.15, -0.1) is 0 Å². The molecule has 1 atom stereocenters. The van der Waals surface area contributed by atoms with Crippen LogP contribution < -0.4 is 0 Å². The van der Waals surface area contributed by atoms with Crippen molar-refractivity contribution < 1.29 is 0 Å². The maximum absolute atomic E-state index is 4.13. The van der Waals surface area contributed by atoms with Gasteiger partial charge in [0, 0.05) is 0 Å². The van der Waals surface area contributed by atoms with Crippen molar-refractivity contribution >= 4 is 12.3 Å². The number of hydrogen-bond donors (Lipinski definition) is 0. The maximum atomic E-state index is 4.13. The van der Waals surface area contributed by atoms with E-state index >= 15 is 0 Å². The topological polar surface area (TPSA) is 12.4 Å². The molecule has 0 radical (unpaired) electrons. The second-order valence-electron chi connectivity index (χ2n) is 3.41. The average molecular weight is 171 g/mol. The highest BCUT2D eigenvalue weighted by Gasteiger charge is 2.16. The Labute approximate surface area is 78.8 Å². The van der Waals surface area contributed by atoms with Gasteiger partial charge in [0.15, 0.2) is 0 Å². The summed E-state index contributed by atoms with van der Waals surface area (Å²) in [6.45, 7) is 5.78. The van der Waals surface area contributed by atoms with Crippen LogP contribution >= 0.6 is 0 Å². The SMILES string of the molecule is C=NC1CC=C(C)c2ccccc21. The van der Waals surface area contributed by atoms with Crippen molar-refractivity contribution in [3.05, 3.63) is 41.5 Å². The molecule has 1 nitrogen and oxygen atoms in total. The largest absolute Gasteiger partial charge is 0.293 e. The summed E-state index contributed by atoms with van der Waals surface area (Å²) in [4.78, 5) is 4.13. The predicted octanol–water partition coefficient (Wildman–Crippen LogP) is 3.24. The molecule has 66 valence electrons. The summed E-state index contributed by atoms with van der Waals surface area (Å²) in [6.07, 6.45) is 3.23. The molecule has 1 aliphatic carbocycles. The molecule has 0 spiro atoms. The van der Waals surface area contributed by atoms with Crippen LogP contribution in [0.2, 0.25) is 0 Å². The van der Waals surface area contributed by atoms with Gasteiger partial charge in [0.05, 0.1) is 6.04 Å². The number of hydrogen-bond acceptors (Lipinski definition) is 1. The second kappa shape index (κ2) is 3.17. The smallest absolute Gasteiger partial charge is 0.0782 e. The van der Waals surface area contributed by atoms with Crippen molar-refractivity contribution in [2.24, 2.45) is 4.99 Å². The van der Waals surface area contributed by atoms with E-state index in [9.17, 15) is 0 Å². The Morgan fingerprint density at radius 2 is 2.15 bits per heavy atom. The third kappa shape index (κ3) is 1.31. The molecule has 13 heavy (non-hydrogen) atoms. The van der Waals surface area contributed by atoms with Gasteiger partial charge in [-0.2, -0.15) is 0 Å². The molecule has 0 bridgehead atoms. The number of aliphatic imine (C=N–C) groups is 1. The highest BCUT2D eigenvalue weighted by molar-refractivity contribution is 5.69. The highest BCUT2D eigenvalue weighted by Crippen LogP contribution is 2.34. The molecule has 0 saturated heterocycles. The first-order valence-corrected chi connectivity index (χ1v) is 4.55. The van der Waals surface area contributed by atoms with Gasteiger partial charge in [0.2, 0.25) is 0 Å². The molecule has 1 aliphatic rings. The Kier molecular flexibility index (Phi) is 2.01. The zero-order valence-electron chi connectivity index (χ0n) is 7.83. The average Bonchev–Trinajstić information content (AvgIpc) is 2.19. The molecule has 0 N–H and O–H groups in total. The normalized spacial score (nSPS) is 20.4. The van der Waals surface area contributed by atoms with E-state index in [1.165, 1.54) is 16.7 Å². The molecule has 1 unspecified atom stereocenters. The third-order valence-corrected chi connectivity index (χ3v) is 2.61. The first-order chi connectivity index (χ1) is 6.33. The summed E-state index contributed by atoms with van der Waals surface area (Å²) in [5.74, 6) is 0.